The molecule has 8 heteroatoms. The Labute approximate surface area is 160 Å². The van der Waals surface area contributed by atoms with Gasteiger partial charge in [0.15, 0.2) is 0 Å². The van der Waals surface area contributed by atoms with Crippen LogP contribution in [-0.2, 0) is 19.3 Å². The third-order valence-electron chi connectivity index (χ3n) is 4.49. The number of hydrogen-bond acceptors (Lipinski definition) is 3. The number of pyridine rings is 1. The van der Waals surface area contributed by atoms with Gasteiger partial charge in [0.1, 0.15) is 11.3 Å². The first-order chi connectivity index (χ1) is 13.2. The van der Waals surface area contributed by atoms with Crippen LogP contribution in [0.3, 0.4) is 0 Å². The minimum atomic E-state index is -4.38. The van der Waals surface area contributed by atoms with Gasteiger partial charge in [0.05, 0.1) is 5.56 Å². The molecule has 0 unspecified atom stereocenters. The number of rotatable bonds is 5. The maximum atomic E-state index is 13.0. The summed E-state index contributed by atoms with van der Waals surface area (Å²) in [6.45, 7) is 4.27. The lowest BCUT2D eigenvalue weighted by atomic mass is 10.1. The standard InChI is InChI=1S/C20H21F3N4O/c1-13(2)27(11-14-3-6-16(7-4-14)20(21,22)23)19(28)17-12-26-10-15(9-24)5-8-18(26)25-17/h3-8,10,12-13H,9,11,24H2,1-2H3. The van der Waals surface area contributed by atoms with Crippen molar-refractivity contribution in [2.45, 2.75) is 39.2 Å². The molecule has 5 nitrogen and oxygen atoms in total. The summed E-state index contributed by atoms with van der Waals surface area (Å²) in [7, 11) is 0. The molecule has 0 saturated carbocycles. The highest BCUT2D eigenvalue weighted by Crippen LogP contribution is 2.29. The average molecular weight is 390 g/mol. The Hall–Kier alpha value is -2.87. The Morgan fingerprint density at radius 1 is 1.11 bits per heavy atom. The number of carbonyl (C=O) groups excluding carboxylic acids is 1. The van der Waals surface area contributed by atoms with E-state index in [1.807, 2.05) is 26.1 Å². The molecule has 0 aliphatic carbocycles. The zero-order chi connectivity index (χ0) is 20.5. The molecule has 0 aliphatic rings. The summed E-state index contributed by atoms with van der Waals surface area (Å²) >= 11 is 0. The summed E-state index contributed by atoms with van der Waals surface area (Å²) in [6, 6.07) is 8.31. The van der Waals surface area contributed by atoms with Gasteiger partial charge in [-0.05, 0) is 43.2 Å². The Balaban J connectivity index is 1.84. The summed E-state index contributed by atoms with van der Waals surface area (Å²) in [4.78, 5) is 18.9. The van der Waals surface area contributed by atoms with Gasteiger partial charge in [0.25, 0.3) is 5.91 Å². The lowest BCUT2D eigenvalue weighted by Gasteiger charge is -2.26. The number of imidazole rings is 1. The van der Waals surface area contributed by atoms with E-state index in [2.05, 4.69) is 4.98 Å². The second-order valence-electron chi connectivity index (χ2n) is 6.85. The summed E-state index contributed by atoms with van der Waals surface area (Å²) in [5.74, 6) is -0.284. The number of fused-ring (bicyclic) bond motifs is 1. The first-order valence-corrected chi connectivity index (χ1v) is 8.84. The zero-order valence-electron chi connectivity index (χ0n) is 15.6. The highest BCUT2D eigenvalue weighted by Gasteiger charge is 2.30. The van der Waals surface area contributed by atoms with Crippen LogP contribution in [-0.4, -0.2) is 26.2 Å². The number of aromatic nitrogens is 2. The van der Waals surface area contributed by atoms with Crippen molar-refractivity contribution in [3.63, 3.8) is 0 Å². The molecule has 3 rings (SSSR count). The van der Waals surface area contributed by atoms with Crippen molar-refractivity contribution in [2.75, 3.05) is 0 Å². The molecule has 0 fully saturated rings. The van der Waals surface area contributed by atoms with Gasteiger partial charge >= 0.3 is 6.18 Å². The first-order valence-electron chi connectivity index (χ1n) is 8.84. The number of alkyl halides is 3. The van der Waals surface area contributed by atoms with E-state index < -0.39 is 11.7 Å². The van der Waals surface area contributed by atoms with E-state index in [4.69, 9.17) is 5.73 Å². The van der Waals surface area contributed by atoms with Gasteiger partial charge in [0, 0.05) is 31.5 Å². The van der Waals surface area contributed by atoms with Gasteiger partial charge in [0.2, 0.25) is 0 Å². The van der Waals surface area contributed by atoms with Crippen molar-refractivity contribution < 1.29 is 18.0 Å². The first kappa shape index (κ1) is 19.9. The van der Waals surface area contributed by atoms with Gasteiger partial charge in [-0.25, -0.2) is 4.98 Å². The molecule has 0 saturated heterocycles. The second-order valence-corrected chi connectivity index (χ2v) is 6.85. The van der Waals surface area contributed by atoms with Crippen LogP contribution in [0.1, 0.15) is 41.0 Å². The van der Waals surface area contributed by atoms with Crippen LogP contribution in [0.4, 0.5) is 13.2 Å². The van der Waals surface area contributed by atoms with Gasteiger partial charge in [-0.2, -0.15) is 13.2 Å². The summed E-state index contributed by atoms with van der Waals surface area (Å²) in [6.07, 6.45) is -0.932. The van der Waals surface area contributed by atoms with Crippen molar-refractivity contribution in [3.8, 4) is 0 Å². The van der Waals surface area contributed by atoms with Crippen molar-refractivity contribution in [1.29, 1.82) is 0 Å². The van der Waals surface area contributed by atoms with Crippen LogP contribution in [0.15, 0.2) is 48.8 Å². The van der Waals surface area contributed by atoms with Crippen LogP contribution >= 0.6 is 0 Å². The van der Waals surface area contributed by atoms with Crippen LogP contribution in [0, 0.1) is 0 Å². The third kappa shape index (κ3) is 4.17. The maximum absolute atomic E-state index is 13.0. The summed E-state index contributed by atoms with van der Waals surface area (Å²) < 4.78 is 39.9. The monoisotopic (exact) mass is 390 g/mol. The number of halogens is 3. The minimum Gasteiger partial charge on any atom is -0.331 e. The largest absolute Gasteiger partial charge is 0.416 e. The molecule has 2 aromatic heterocycles. The number of nitrogens with two attached hydrogens (primary N) is 1. The van der Waals surface area contributed by atoms with E-state index in [1.165, 1.54) is 12.1 Å². The molecule has 0 spiro atoms. The molecule has 148 valence electrons. The fourth-order valence-corrected chi connectivity index (χ4v) is 2.89. The predicted molar refractivity (Wildman–Crippen MR) is 99.5 cm³/mol. The SMILES string of the molecule is CC(C)N(Cc1ccc(C(F)(F)F)cc1)C(=O)c1cn2cc(CN)ccc2n1. The third-order valence-corrected chi connectivity index (χ3v) is 4.49. The van der Waals surface area contributed by atoms with E-state index in [9.17, 15) is 18.0 Å². The van der Waals surface area contributed by atoms with Gasteiger partial charge in [-0.1, -0.05) is 18.2 Å². The second kappa shape index (κ2) is 7.63. The molecule has 1 amide bonds. The highest BCUT2D eigenvalue weighted by molar-refractivity contribution is 5.93. The Bertz CT molecular complexity index is 977. The molecule has 0 atom stereocenters. The molecule has 2 N–H and O–H groups in total. The highest BCUT2D eigenvalue weighted by atomic mass is 19.4. The zero-order valence-corrected chi connectivity index (χ0v) is 15.6. The van der Waals surface area contributed by atoms with Crippen molar-refractivity contribution in [2.24, 2.45) is 5.73 Å². The van der Waals surface area contributed by atoms with E-state index in [-0.39, 0.29) is 24.2 Å². The van der Waals surface area contributed by atoms with E-state index >= 15 is 0 Å². The quantitative estimate of drug-likeness (QED) is 0.720. The van der Waals surface area contributed by atoms with Gasteiger partial charge in [-0.3, -0.25) is 4.79 Å². The van der Waals surface area contributed by atoms with Crippen LogP contribution in [0.25, 0.3) is 5.65 Å². The molecular formula is C20H21F3N4O. The predicted octanol–water partition coefficient (Wildman–Crippen LogP) is 3.86. The molecule has 0 aliphatic heterocycles. The van der Waals surface area contributed by atoms with Crippen LogP contribution in [0.2, 0.25) is 0 Å². The molecular weight excluding hydrogens is 369 g/mol. The number of carbonyl (C=O) groups is 1. The molecule has 2 heterocycles. The van der Waals surface area contributed by atoms with Crippen LogP contribution < -0.4 is 5.73 Å². The van der Waals surface area contributed by atoms with Crippen molar-refractivity contribution >= 4 is 11.6 Å². The summed E-state index contributed by atoms with van der Waals surface area (Å²) in [5.41, 5.74) is 7.35. The van der Waals surface area contributed by atoms with Crippen LogP contribution in [0.5, 0.6) is 0 Å². The molecule has 0 radical (unpaired) electrons. The van der Waals surface area contributed by atoms with E-state index in [0.717, 1.165) is 17.7 Å². The molecule has 3 aromatic rings. The van der Waals surface area contributed by atoms with E-state index in [0.29, 0.717) is 17.8 Å². The Morgan fingerprint density at radius 3 is 2.32 bits per heavy atom. The Morgan fingerprint density at radius 2 is 1.75 bits per heavy atom. The Kier molecular flexibility index (Phi) is 5.42. The minimum absolute atomic E-state index is 0.154. The lowest BCUT2D eigenvalue weighted by Crippen LogP contribution is -2.36. The summed E-state index contributed by atoms with van der Waals surface area (Å²) in [5, 5.41) is 0. The molecule has 28 heavy (non-hydrogen) atoms. The fourth-order valence-electron chi connectivity index (χ4n) is 2.89. The number of hydrogen-bond donors (Lipinski definition) is 1. The van der Waals surface area contributed by atoms with Crippen molar-refractivity contribution in [3.05, 3.63) is 71.2 Å². The van der Waals surface area contributed by atoms with E-state index in [1.54, 1.807) is 21.6 Å². The topological polar surface area (TPSA) is 63.6 Å². The lowest BCUT2D eigenvalue weighted by molar-refractivity contribution is -0.137. The number of amides is 1. The maximum Gasteiger partial charge on any atom is 0.416 e. The fraction of sp³-hybridized carbons (Fsp3) is 0.300. The van der Waals surface area contributed by atoms with Crippen molar-refractivity contribution in [1.82, 2.24) is 14.3 Å². The van der Waals surface area contributed by atoms with Gasteiger partial charge in [-0.15, -0.1) is 0 Å². The molecule has 0 bridgehead atoms. The van der Waals surface area contributed by atoms with Gasteiger partial charge < -0.3 is 15.0 Å². The average Bonchev–Trinajstić information content (AvgIpc) is 3.08. The number of nitrogens with zero attached hydrogens (tertiary/aromatic N) is 3. The molecule has 1 aromatic carbocycles. The normalized spacial score (nSPS) is 12.0. The smallest absolute Gasteiger partial charge is 0.331 e. The number of benzene rings is 1.